The highest BCUT2D eigenvalue weighted by molar-refractivity contribution is 7.14. The van der Waals surface area contributed by atoms with Crippen LogP contribution in [0.5, 0.6) is 0 Å². The summed E-state index contributed by atoms with van der Waals surface area (Å²) in [6, 6.07) is 11.4. The monoisotopic (exact) mass is 497 g/mol. The maximum absolute atomic E-state index is 13.0. The molecule has 1 saturated heterocycles. The topological polar surface area (TPSA) is 82.5 Å². The summed E-state index contributed by atoms with van der Waals surface area (Å²) in [7, 11) is 0. The van der Waals surface area contributed by atoms with Crippen LogP contribution in [0.3, 0.4) is 0 Å². The lowest BCUT2D eigenvalue weighted by atomic mass is 9.90. The van der Waals surface area contributed by atoms with Crippen molar-refractivity contribution in [2.75, 3.05) is 13.1 Å². The van der Waals surface area contributed by atoms with Gasteiger partial charge >= 0.3 is 6.09 Å². The summed E-state index contributed by atoms with van der Waals surface area (Å²) in [5.41, 5.74) is 4.51. The van der Waals surface area contributed by atoms with Crippen LogP contribution in [0.15, 0.2) is 48.0 Å². The number of likely N-dealkylation sites (tertiary alicyclic amines) is 1. The highest BCUT2D eigenvalue weighted by Gasteiger charge is 2.26. The SMILES string of the molecule is CC(C)(C)c1cc(-c2cc(-c3ccc(C(=O)N4CCCC(NC(=O)O)C4)cc3Cl)cs2)ccn1. The van der Waals surface area contributed by atoms with Gasteiger partial charge in [0.15, 0.2) is 0 Å². The van der Waals surface area contributed by atoms with Gasteiger partial charge in [0.2, 0.25) is 0 Å². The molecule has 1 aromatic carbocycles. The van der Waals surface area contributed by atoms with Gasteiger partial charge in [-0.05, 0) is 59.7 Å². The van der Waals surface area contributed by atoms with Crippen LogP contribution in [0.25, 0.3) is 21.6 Å². The van der Waals surface area contributed by atoms with Crippen LogP contribution in [-0.4, -0.2) is 46.1 Å². The van der Waals surface area contributed by atoms with Gasteiger partial charge in [-0.3, -0.25) is 9.78 Å². The Morgan fingerprint density at radius 3 is 2.68 bits per heavy atom. The predicted octanol–water partition coefficient (Wildman–Crippen LogP) is 6.30. The number of hydrogen-bond acceptors (Lipinski definition) is 4. The van der Waals surface area contributed by atoms with E-state index in [1.807, 2.05) is 18.3 Å². The zero-order valence-corrected chi connectivity index (χ0v) is 21.0. The van der Waals surface area contributed by atoms with E-state index in [4.69, 9.17) is 16.7 Å². The van der Waals surface area contributed by atoms with E-state index in [0.717, 1.165) is 40.1 Å². The number of aromatic nitrogens is 1. The Morgan fingerprint density at radius 1 is 1.18 bits per heavy atom. The molecule has 1 fully saturated rings. The molecule has 0 bridgehead atoms. The number of halogens is 1. The number of amides is 2. The third-order valence-electron chi connectivity index (χ3n) is 5.98. The summed E-state index contributed by atoms with van der Waals surface area (Å²) in [6.07, 6.45) is 2.26. The van der Waals surface area contributed by atoms with Crippen LogP contribution in [0.4, 0.5) is 4.79 Å². The van der Waals surface area contributed by atoms with E-state index in [0.29, 0.717) is 23.7 Å². The normalized spacial score (nSPS) is 16.4. The summed E-state index contributed by atoms with van der Waals surface area (Å²) in [5, 5.41) is 14.0. The summed E-state index contributed by atoms with van der Waals surface area (Å²) in [5.74, 6) is -0.136. The summed E-state index contributed by atoms with van der Waals surface area (Å²) in [4.78, 5) is 31.3. The minimum absolute atomic E-state index is 0.0279. The van der Waals surface area contributed by atoms with Gasteiger partial charge in [0.1, 0.15) is 0 Å². The van der Waals surface area contributed by atoms with Gasteiger partial charge in [-0.2, -0.15) is 0 Å². The van der Waals surface area contributed by atoms with Gasteiger partial charge in [0.05, 0.1) is 0 Å². The summed E-state index contributed by atoms with van der Waals surface area (Å²) < 4.78 is 0. The molecule has 1 unspecified atom stereocenters. The van der Waals surface area contributed by atoms with E-state index < -0.39 is 6.09 Å². The van der Waals surface area contributed by atoms with Crippen LogP contribution >= 0.6 is 22.9 Å². The lowest BCUT2D eigenvalue weighted by Gasteiger charge is -2.32. The number of nitrogens with zero attached hydrogens (tertiary/aromatic N) is 2. The molecule has 178 valence electrons. The molecule has 0 aliphatic carbocycles. The summed E-state index contributed by atoms with van der Waals surface area (Å²) >= 11 is 8.27. The average molecular weight is 498 g/mol. The Labute approximate surface area is 208 Å². The highest BCUT2D eigenvalue weighted by Crippen LogP contribution is 2.37. The first kappa shape index (κ1) is 24.2. The Hall–Kier alpha value is -2.90. The van der Waals surface area contributed by atoms with Gasteiger partial charge in [-0.15, -0.1) is 11.3 Å². The zero-order chi connectivity index (χ0) is 24.5. The van der Waals surface area contributed by atoms with Gasteiger partial charge in [-0.1, -0.05) is 38.4 Å². The van der Waals surface area contributed by atoms with E-state index in [2.05, 4.69) is 48.6 Å². The minimum atomic E-state index is -1.07. The number of hydrogen-bond donors (Lipinski definition) is 2. The second-order valence-electron chi connectivity index (χ2n) is 9.61. The zero-order valence-electron chi connectivity index (χ0n) is 19.5. The van der Waals surface area contributed by atoms with Crippen molar-refractivity contribution in [3.8, 4) is 21.6 Å². The molecule has 0 saturated carbocycles. The molecule has 8 heteroatoms. The minimum Gasteiger partial charge on any atom is -0.465 e. The number of carboxylic acid groups (broad SMARTS) is 1. The van der Waals surface area contributed by atoms with Crippen LogP contribution in [0, 0.1) is 0 Å². The first-order chi connectivity index (χ1) is 16.1. The van der Waals surface area contributed by atoms with Crippen molar-refractivity contribution in [2.24, 2.45) is 0 Å². The molecule has 6 nitrogen and oxygen atoms in total. The van der Waals surface area contributed by atoms with Crippen molar-refractivity contribution in [3.05, 3.63) is 64.3 Å². The average Bonchev–Trinajstić information content (AvgIpc) is 3.28. The van der Waals surface area contributed by atoms with Crippen LogP contribution < -0.4 is 5.32 Å². The van der Waals surface area contributed by atoms with Gasteiger partial charge in [0, 0.05) is 57.5 Å². The fraction of sp³-hybridized carbons (Fsp3) is 0.346. The van der Waals surface area contributed by atoms with Gasteiger partial charge in [-0.25, -0.2) is 4.79 Å². The van der Waals surface area contributed by atoms with Gasteiger partial charge in [0.25, 0.3) is 5.91 Å². The Balaban J connectivity index is 1.53. The van der Waals surface area contributed by atoms with Crippen LogP contribution in [0.2, 0.25) is 5.02 Å². The predicted molar refractivity (Wildman–Crippen MR) is 137 cm³/mol. The fourth-order valence-corrected chi connectivity index (χ4v) is 5.34. The quantitative estimate of drug-likeness (QED) is 0.443. The molecular weight excluding hydrogens is 470 g/mol. The number of thiophene rings is 1. The number of pyridine rings is 1. The molecule has 3 aromatic rings. The van der Waals surface area contributed by atoms with E-state index in [-0.39, 0.29) is 17.4 Å². The molecular formula is C26H28ClN3O3S. The Kier molecular flexibility index (Phi) is 6.96. The van der Waals surface area contributed by atoms with Crippen molar-refractivity contribution in [3.63, 3.8) is 0 Å². The number of carbonyl (C=O) groups is 2. The number of benzene rings is 1. The van der Waals surface area contributed by atoms with Crippen LogP contribution in [-0.2, 0) is 5.41 Å². The van der Waals surface area contributed by atoms with Crippen molar-refractivity contribution >= 4 is 34.9 Å². The third kappa shape index (κ3) is 5.42. The molecule has 0 radical (unpaired) electrons. The lowest BCUT2D eigenvalue weighted by molar-refractivity contribution is 0.0692. The second kappa shape index (κ2) is 9.76. The van der Waals surface area contributed by atoms with Crippen LogP contribution in [0.1, 0.15) is 49.7 Å². The Morgan fingerprint density at radius 2 is 1.97 bits per heavy atom. The molecule has 2 amide bonds. The first-order valence-corrected chi connectivity index (χ1v) is 12.5. The molecule has 2 aromatic heterocycles. The van der Waals surface area contributed by atoms with E-state index in [1.54, 1.807) is 28.4 Å². The highest BCUT2D eigenvalue weighted by atomic mass is 35.5. The maximum Gasteiger partial charge on any atom is 0.404 e. The van der Waals surface area contributed by atoms with Crippen molar-refractivity contribution < 1.29 is 14.7 Å². The molecule has 0 spiro atoms. The maximum atomic E-state index is 13.0. The number of nitrogens with one attached hydrogen (secondary N) is 1. The summed E-state index contributed by atoms with van der Waals surface area (Å²) in [6.45, 7) is 7.41. The molecule has 1 aliphatic heterocycles. The standard InChI is InChI=1S/C26H28ClN3O3S/c1-26(2,3)23-13-16(8-9-28-23)22-12-18(15-34-22)20-7-6-17(11-21(20)27)24(31)30-10-4-5-19(14-30)29-25(32)33/h6-9,11-13,15,19,29H,4-5,10,14H2,1-3H3,(H,32,33). The molecule has 2 N–H and O–H groups in total. The van der Waals surface area contributed by atoms with Gasteiger partial charge < -0.3 is 15.3 Å². The molecule has 4 rings (SSSR count). The number of rotatable bonds is 4. The Bertz CT molecular complexity index is 1220. The number of carbonyl (C=O) groups excluding carboxylic acids is 1. The smallest absolute Gasteiger partial charge is 0.404 e. The molecule has 3 heterocycles. The fourth-order valence-electron chi connectivity index (χ4n) is 4.14. The molecule has 1 aliphatic rings. The molecule has 34 heavy (non-hydrogen) atoms. The lowest BCUT2D eigenvalue weighted by Crippen LogP contribution is -2.49. The third-order valence-corrected chi connectivity index (χ3v) is 7.27. The first-order valence-electron chi connectivity index (χ1n) is 11.3. The van der Waals surface area contributed by atoms with Crippen molar-refractivity contribution in [2.45, 2.75) is 45.1 Å². The van der Waals surface area contributed by atoms with E-state index >= 15 is 0 Å². The second-order valence-corrected chi connectivity index (χ2v) is 10.9. The van der Waals surface area contributed by atoms with E-state index in [9.17, 15) is 9.59 Å². The largest absolute Gasteiger partial charge is 0.465 e. The van der Waals surface area contributed by atoms with E-state index in [1.165, 1.54) is 0 Å². The number of piperidine rings is 1. The van der Waals surface area contributed by atoms with Crippen molar-refractivity contribution in [1.82, 2.24) is 15.2 Å². The molecule has 1 atom stereocenters. The van der Waals surface area contributed by atoms with Crippen molar-refractivity contribution in [1.29, 1.82) is 0 Å².